The van der Waals surface area contributed by atoms with E-state index >= 15 is 0 Å². The summed E-state index contributed by atoms with van der Waals surface area (Å²) in [5.74, 6) is -0.735. The summed E-state index contributed by atoms with van der Waals surface area (Å²) in [5.41, 5.74) is -0.564. The van der Waals surface area contributed by atoms with Gasteiger partial charge < -0.3 is 14.6 Å². The fourth-order valence-corrected chi connectivity index (χ4v) is 5.04. The van der Waals surface area contributed by atoms with Crippen molar-refractivity contribution in [2.24, 2.45) is 11.3 Å². The normalized spacial score (nSPS) is 27.9. The van der Waals surface area contributed by atoms with E-state index in [1.807, 2.05) is 0 Å². The summed E-state index contributed by atoms with van der Waals surface area (Å²) < 4.78 is 73.0. The number of alkyl halides is 3. The first-order valence-electron chi connectivity index (χ1n) is 7.71. The molecule has 10 heteroatoms. The lowest BCUT2D eigenvalue weighted by Gasteiger charge is -2.36. The van der Waals surface area contributed by atoms with Crippen LogP contribution in [0.25, 0.3) is 0 Å². The van der Waals surface area contributed by atoms with Crippen LogP contribution in [0.3, 0.4) is 0 Å². The van der Waals surface area contributed by atoms with Gasteiger partial charge in [-0.3, -0.25) is 0 Å². The number of benzene rings is 1. The van der Waals surface area contributed by atoms with Gasteiger partial charge in [-0.15, -0.1) is 13.2 Å². The van der Waals surface area contributed by atoms with Gasteiger partial charge in [0, 0.05) is 37.1 Å². The Balaban J connectivity index is 1.86. The van der Waals surface area contributed by atoms with Crippen LogP contribution in [0.4, 0.5) is 13.2 Å². The maximum absolute atomic E-state index is 12.8. The molecule has 2 atom stereocenters. The molecule has 0 aromatic heterocycles. The number of hydrogen-bond acceptors (Lipinski definition) is 5. The molecule has 3 rings (SSSR count). The molecule has 1 aromatic carbocycles. The van der Waals surface area contributed by atoms with E-state index in [1.165, 1.54) is 16.4 Å². The first kappa shape index (κ1) is 18.4. The first-order valence-corrected chi connectivity index (χ1v) is 9.15. The Bertz CT molecular complexity index is 739. The molecule has 0 aliphatic carbocycles. The zero-order valence-electron chi connectivity index (χ0n) is 13.2. The standard InChI is InChI=1S/C15H18F3NO5S/c16-15(17,18)24-12-2-1-3-13(6-12)25(21,22)19-7-11-8-23-5-4-14(11,9-19)10-20/h1-3,6,11,20H,4-5,7-10H2/t11-,14-/m1/s1. The van der Waals surface area contributed by atoms with Crippen molar-refractivity contribution in [1.29, 1.82) is 0 Å². The minimum absolute atomic E-state index is 0.115. The number of sulfonamides is 1. The van der Waals surface area contributed by atoms with Crippen molar-refractivity contribution in [1.82, 2.24) is 4.31 Å². The molecule has 0 spiro atoms. The minimum Gasteiger partial charge on any atom is -0.406 e. The SMILES string of the molecule is O=S(=O)(c1cccc(OC(F)(F)F)c1)N1C[C@@H]2COCC[C@]2(CO)C1. The molecular weight excluding hydrogens is 363 g/mol. The van der Waals surface area contributed by atoms with Gasteiger partial charge in [0.25, 0.3) is 0 Å². The molecule has 6 nitrogen and oxygen atoms in total. The number of fused-ring (bicyclic) bond motifs is 1. The lowest BCUT2D eigenvalue weighted by Crippen LogP contribution is -2.41. The van der Waals surface area contributed by atoms with Crippen LogP contribution in [-0.2, 0) is 14.8 Å². The molecule has 1 N–H and O–H groups in total. The lowest BCUT2D eigenvalue weighted by molar-refractivity contribution is -0.274. The highest BCUT2D eigenvalue weighted by molar-refractivity contribution is 7.89. The van der Waals surface area contributed by atoms with E-state index in [4.69, 9.17) is 4.74 Å². The molecule has 140 valence electrons. The average molecular weight is 381 g/mol. The Morgan fingerprint density at radius 1 is 1.40 bits per heavy atom. The fraction of sp³-hybridized carbons (Fsp3) is 0.600. The number of nitrogens with zero attached hydrogens (tertiary/aromatic N) is 1. The second kappa shape index (κ2) is 6.42. The van der Waals surface area contributed by atoms with Crippen molar-refractivity contribution in [2.75, 3.05) is 32.9 Å². The zero-order chi connectivity index (χ0) is 18.3. The van der Waals surface area contributed by atoms with Crippen LogP contribution in [0.15, 0.2) is 29.2 Å². The molecule has 2 fully saturated rings. The molecule has 2 saturated heterocycles. The maximum Gasteiger partial charge on any atom is 0.573 e. The molecule has 0 amide bonds. The van der Waals surface area contributed by atoms with Crippen molar-refractivity contribution in [3.8, 4) is 5.75 Å². The highest BCUT2D eigenvalue weighted by atomic mass is 32.2. The van der Waals surface area contributed by atoms with E-state index in [2.05, 4.69) is 4.74 Å². The predicted molar refractivity (Wildman–Crippen MR) is 80.3 cm³/mol. The van der Waals surface area contributed by atoms with Gasteiger partial charge in [0.1, 0.15) is 5.75 Å². The van der Waals surface area contributed by atoms with Gasteiger partial charge in [0.15, 0.2) is 0 Å². The molecule has 0 saturated carbocycles. The van der Waals surface area contributed by atoms with Gasteiger partial charge in [-0.2, -0.15) is 4.31 Å². The Kier molecular flexibility index (Phi) is 4.73. The molecule has 25 heavy (non-hydrogen) atoms. The summed E-state index contributed by atoms with van der Waals surface area (Å²) in [6, 6.07) is 4.32. The van der Waals surface area contributed by atoms with Crippen LogP contribution in [0.2, 0.25) is 0 Å². The largest absolute Gasteiger partial charge is 0.573 e. The summed E-state index contributed by atoms with van der Waals surface area (Å²) in [6.07, 6.45) is -4.36. The van der Waals surface area contributed by atoms with Gasteiger partial charge in [0.05, 0.1) is 18.1 Å². The Labute approximate surface area is 143 Å². The monoisotopic (exact) mass is 381 g/mol. The van der Waals surface area contributed by atoms with Crippen LogP contribution in [0.5, 0.6) is 5.75 Å². The molecule has 1 aromatic rings. The van der Waals surface area contributed by atoms with Crippen molar-refractivity contribution in [3.63, 3.8) is 0 Å². The summed E-state index contributed by atoms with van der Waals surface area (Å²) >= 11 is 0. The van der Waals surface area contributed by atoms with Crippen LogP contribution >= 0.6 is 0 Å². The maximum atomic E-state index is 12.8. The predicted octanol–water partition coefficient (Wildman–Crippen LogP) is 1.60. The second-order valence-electron chi connectivity index (χ2n) is 6.36. The first-order chi connectivity index (χ1) is 11.7. The molecule has 0 bridgehead atoms. The molecule has 2 heterocycles. The third-order valence-electron chi connectivity index (χ3n) is 4.84. The second-order valence-corrected chi connectivity index (χ2v) is 8.30. The summed E-state index contributed by atoms with van der Waals surface area (Å²) in [5, 5.41) is 9.76. The molecular formula is C15H18F3NO5S. The van der Waals surface area contributed by atoms with Crippen molar-refractivity contribution in [2.45, 2.75) is 17.7 Å². The number of halogens is 3. The lowest BCUT2D eigenvalue weighted by atomic mass is 9.75. The van der Waals surface area contributed by atoms with Crippen molar-refractivity contribution < 1.29 is 36.2 Å². The van der Waals surface area contributed by atoms with Gasteiger partial charge in [0.2, 0.25) is 10.0 Å². The quantitative estimate of drug-likeness (QED) is 0.858. The highest BCUT2D eigenvalue weighted by Crippen LogP contribution is 2.43. The minimum atomic E-state index is -4.90. The third kappa shape index (κ3) is 3.62. The van der Waals surface area contributed by atoms with E-state index in [0.717, 1.165) is 12.1 Å². The Morgan fingerprint density at radius 3 is 2.80 bits per heavy atom. The summed E-state index contributed by atoms with van der Waals surface area (Å²) in [6.45, 7) is 0.908. The van der Waals surface area contributed by atoms with E-state index in [9.17, 15) is 26.7 Å². The zero-order valence-corrected chi connectivity index (χ0v) is 14.0. The molecule has 2 aliphatic heterocycles. The van der Waals surface area contributed by atoms with E-state index in [0.29, 0.717) is 19.6 Å². The van der Waals surface area contributed by atoms with Crippen LogP contribution in [-0.4, -0.2) is 57.1 Å². The van der Waals surface area contributed by atoms with Crippen LogP contribution in [0.1, 0.15) is 6.42 Å². The fourth-order valence-electron chi connectivity index (χ4n) is 3.42. The van der Waals surface area contributed by atoms with Crippen molar-refractivity contribution in [3.05, 3.63) is 24.3 Å². The number of rotatable bonds is 4. The summed E-state index contributed by atoms with van der Waals surface area (Å²) in [7, 11) is -4.00. The molecule has 0 unspecified atom stereocenters. The number of aliphatic hydroxyl groups excluding tert-OH is 1. The Hall–Kier alpha value is -1.36. The van der Waals surface area contributed by atoms with E-state index in [-0.39, 0.29) is 30.5 Å². The topological polar surface area (TPSA) is 76.1 Å². The summed E-state index contributed by atoms with van der Waals surface area (Å²) in [4.78, 5) is -0.276. The highest BCUT2D eigenvalue weighted by Gasteiger charge is 2.51. The van der Waals surface area contributed by atoms with Crippen LogP contribution < -0.4 is 4.74 Å². The Morgan fingerprint density at radius 2 is 2.16 bits per heavy atom. The van der Waals surface area contributed by atoms with Gasteiger partial charge in [-0.1, -0.05) is 6.07 Å². The number of hydrogen-bond donors (Lipinski definition) is 1. The van der Waals surface area contributed by atoms with Gasteiger partial charge in [-0.25, -0.2) is 8.42 Å². The number of ether oxygens (including phenoxy) is 2. The number of aliphatic hydroxyl groups is 1. The average Bonchev–Trinajstić information content (AvgIpc) is 2.94. The van der Waals surface area contributed by atoms with Crippen LogP contribution in [0, 0.1) is 11.3 Å². The van der Waals surface area contributed by atoms with Gasteiger partial charge in [-0.05, 0) is 18.6 Å². The van der Waals surface area contributed by atoms with Crippen molar-refractivity contribution >= 4 is 10.0 Å². The third-order valence-corrected chi connectivity index (χ3v) is 6.64. The molecule has 2 aliphatic rings. The van der Waals surface area contributed by atoms with Gasteiger partial charge >= 0.3 is 6.36 Å². The van der Waals surface area contributed by atoms with E-state index < -0.39 is 27.6 Å². The smallest absolute Gasteiger partial charge is 0.406 e. The molecule has 0 radical (unpaired) electrons. The van der Waals surface area contributed by atoms with E-state index in [1.54, 1.807) is 0 Å².